The van der Waals surface area contributed by atoms with E-state index < -0.39 is 5.91 Å². The molecule has 0 atom stereocenters. The van der Waals surface area contributed by atoms with Gasteiger partial charge in [0.1, 0.15) is 17.3 Å². The molecule has 1 N–H and O–H groups in total. The van der Waals surface area contributed by atoms with Crippen LogP contribution < -0.4 is 5.32 Å². The van der Waals surface area contributed by atoms with E-state index in [0.717, 1.165) is 34.8 Å². The Morgan fingerprint density at radius 1 is 1.23 bits per heavy atom. The lowest BCUT2D eigenvalue weighted by Crippen LogP contribution is -2.26. The molecule has 0 aliphatic carbocycles. The lowest BCUT2D eigenvalue weighted by atomic mass is 10.1. The molecule has 7 nitrogen and oxygen atoms in total. The number of rotatable bonds is 8. The number of nitrogens with one attached hydrogen (secondary N) is 1. The Morgan fingerprint density at radius 3 is 2.81 bits per heavy atom. The lowest BCUT2D eigenvalue weighted by Gasteiger charge is -2.05. The summed E-state index contributed by atoms with van der Waals surface area (Å²) < 4.78 is 3.71. The maximum Gasteiger partial charge on any atom is 0.261 e. The van der Waals surface area contributed by atoms with Crippen LogP contribution in [0.25, 0.3) is 22.3 Å². The van der Waals surface area contributed by atoms with Crippen molar-refractivity contribution in [3.8, 4) is 22.3 Å². The Labute approximate surface area is 183 Å². The zero-order chi connectivity index (χ0) is 21.5. The maximum absolute atomic E-state index is 12.6. The van der Waals surface area contributed by atoms with Crippen LogP contribution in [-0.4, -0.2) is 31.8 Å². The van der Waals surface area contributed by atoms with Crippen LogP contribution in [0.15, 0.2) is 78.3 Å². The van der Waals surface area contributed by atoms with E-state index in [1.807, 2.05) is 70.9 Å². The smallest absolute Gasteiger partial charge is 0.261 e. The number of benzene rings is 1. The second-order valence-corrected chi connectivity index (χ2v) is 7.72. The maximum atomic E-state index is 12.6. The second-order valence-electron chi connectivity index (χ2n) is 6.77. The van der Waals surface area contributed by atoms with E-state index in [2.05, 4.69) is 10.3 Å². The first kappa shape index (κ1) is 20.3. The van der Waals surface area contributed by atoms with Crippen LogP contribution in [0.2, 0.25) is 0 Å². The van der Waals surface area contributed by atoms with Crippen LogP contribution in [0, 0.1) is 11.3 Å². The van der Waals surface area contributed by atoms with Crippen molar-refractivity contribution in [2.75, 3.05) is 6.54 Å². The van der Waals surface area contributed by atoms with Crippen molar-refractivity contribution >= 4 is 23.3 Å². The van der Waals surface area contributed by atoms with E-state index in [1.54, 1.807) is 34.6 Å². The van der Waals surface area contributed by atoms with Crippen LogP contribution in [0.5, 0.6) is 0 Å². The molecule has 0 spiro atoms. The largest absolute Gasteiger partial charge is 0.351 e. The number of amides is 1. The highest BCUT2D eigenvalue weighted by atomic mass is 32.1. The fraction of sp³-hybridized carbons (Fsp3) is 0.130. The van der Waals surface area contributed by atoms with Gasteiger partial charge in [0.25, 0.3) is 5.91 Å². The van der Waals surface area contributed by atoms with Gasteiger partial charge in [0.2, 0.25) is 0 Å². The first-order chi connectivity index (χ1) is 15.2. The minimum absolute atomic E-state index is 0.0491. The average Bonchev–Trinajstić information content (AvgIpc) is 3.57. The first-order valence-electron chi connectivity index (χ1n) is 9.79. The van der Waals surface area contributed by atoms with Gasteiger partial charge in [-0.05, 0) is 36.1 Å². The number of thiophene rings is 1. The summed E-state index contributed by atoms with van der Waals surface area (Å²) in [7, 11) is 0. The molecular weight excluding hydrogens is 408 g/mol. The molecule has 3 aromatic heterocycles. The molecule has 3 heterocycles. The topological polar surface area (TPSA) is 88.5 Å². The monoisotopic (exact) mass is 428 g/mol. The molecule has 0 aliphatic heterocycles. The second kappa shape index (κ2) is 9.69. The van der Waals surface area contributed by atoms with Gasteiger partial charge in [0.05, 0.1) is 16.9 Å². The molecule has 0 bridgehead atoms. The molecule has 1 aromatic carbocycles. The molecule has 0 radical (unpaired) electrons. The highest BCUT2D eigenvalue weighted by molar-refractivity contribution is 7.13. The van der Waals surface area contributed by atoms with E-state index in [-0.39, 0.29) is 5.57 Å². The normalized spacial score (nSPS) is 11.3. The summed E-state index contributed by atoms with van der Waals surface area (Å²) in [6, 6.07) is 15.7. The van der Waals surface area contributed by atoms with Crippen molar-refractivity contribution in [3.05, 3.63) is 83.9 Å². The molecule has 0 saturated heterocycles. The number of imidazole rings is 1. The summed E-state index contributed by atoms with van der Waals surface area (Å²) in [5, 5.41) is 19.1. The third kappa shape index (κ3) is 4.97. The number of carbonyl (C=O) groups excluding carboxylic acids is 1. The molecule has 0 aliphatic rings. The Morgan fingerprint density at radius 2 is 2.10 bits per heavy atom. The summed E-state index contributed by atoms with van der Waals surface area (Å²) >= 11 is 1.56. The number of carbonyl (C=O) groups is 1. The van der Waals surface area contributed by atoms with E-state index >= 15 is 0 Å². The number of aryl methyl sites for hydroxylation is 1. The molecule has 1 amide bonds. The predicted octanol–water partition coefficient (Wildman–Crippen LogP) is 3.91. The first-order valence-corrected chi connectivity index (χ1v) is 10.7. The zero-order valence-electron chi connectivity index (χ0n) is 16.7. The summed E-state index contributed by atoms with van der Waals surface area (Å²) in [6.45, 7) is 1.22. The van der Waals surface area contributed by atoms with Gasteiger partial charge in [-0.1, -0.05) is 24.3 Å². The molecule has 4 aromatic rings. The third-order valence-corrected chi connectivity index (χ3v) is 5.50. The van der Waals surface area contributed by atoms with Crippen molar-refractivity contribution in [2.45, 2.75) is 13.0 Å². The van der Waals surface area contributed by atoms with Gasteiger partial charge in [-0.3, -0.25) is 4.79 Å². The summed E-state index contributed by atoms with van der Waals surface area (Å²) in [5.41, 5.74) is 2.41. The van der Waals surface area contributed by atoms with Gasteiger partial charge in [-0.15, -0.1) is 11.3 Å². The average molecular weight is 429 g/mol. The van der Waals surface area contributed by atoms with Gasteiger partial charge in [-0.2, -0.15) is 10.4 Å². The Kier molecular flexibility index (Phi) is 6.35. The van der Waals surface area contributed by atoms with Crippen molar-refractivity contribution in [1.29, 1.82) is 5.26 Å². The lowest BCUT2D eigenvalue weighted by molar-refractivity contribution is -0.117. The van der Waals surface area contributed by atoms with Crippen LogP contribution in [-0.2, 0) is 11.3 Å². The zero-order valence-corrected chi connectivity index (χ0v) is 17.5. The number of nitriles is 1. The van der Waals surface area contributed by atoms with Crippen molar-refractivity contribution in [1.82, 2.24) is 24.6 Å². The molecule has 0 saturated carbocycles. The molecular formula is C23H20N6OS. The number of nitrogens with zero attached hydrogens (tertiary/aromatic N) is 5. The Hall–Kier alpha value is -3.96. The van der Waals surface area contributed by atoms with Crippen LogP contribution in [0.1, 0.15) is 12.0 Å². The van der Waals surface area contributed by atoms with Crippen LogP contribution in [0.3, 0.4) is 0 Å². The number of hydrogen-bond acceptors (Lipinski definition) is 5. The molecule has 0 unspecified atom stereocenters. The van der Waals surface area contributed by atoms with Gasteiger partial charge < -0.3 is 9.88 Å². The molecule has 8 heteroatoms. The highest BCUT2D eigenvalue weighted by Gasteiger charge is 2.15. The molecule has 4 rings (SSSR count). The van der Waals surface area contributed by atoms with Gasteiger partial charge in [-0.25, -0.2) is 9.67 Å². The number of para-hydroxylation sites is 1. The van der Waals surface area contributed by atoms with E-state index in [9.17, 15) is 10.1 Å². The van der Waals surface area contributed by atoms with E-state index in [0.29, 0.717) is 6.54 Å². The summed E-state index contributed by atoms with van der Waals surface area (Å²) in [5.74, 6) is -0.391. The minimum Gasteiger partial charge on any atom is -0.351 e. The fourth-order valence-electron chi connectivity index (χ4n) is 3.09. The van der Waals surface area contributed by atoms with E-state index in [1.165, 1.54) is 0 Å². The van der Waals surface area contributed by atoms with Crippen molar-refractivity contribution < 1.29 is 4.79 Å². The van der Waals surface area contributed by atoms with Crippen LogP contribution >= 0.6 is 11.3 Å². The summed E-state index contributed by atoms with van der Waals surface area (Å²) in [6.07, 6.45) is 9.52. The van der Waals surface area contributed by atoms with Gasteiger partial charge in [0, 0.05) is 37.2 Å². The predicted molar refractivity (Wildman–Crippen MR) is 120 cm³/mol. The highest BCUT2D eigenvalue weighted by Crippen LogP contribution is 2.29. The fourth-order valence-corrected chi connectivity index (χ4v) is 3.82. The van der Waals surface area contributed by atoms with Gasteiger partial charge in [0.15, 0.2) is 0 Å². The Bertz CT molecular complexity index is 1200. The quantitative estimate of drug-likeness (QED) is 0.262. The summed E-state index contributed by atoms with van der Waals surface area (Å²) in [4.78, 5) is 17.5. The third-order valence-electron chi connectivity index (χ3n) is 4.62. The molecule has 154 valence electrons. The number of hydrogen-bond donors (Lipinski definition) is 1. The standard InChI is InChI=1S/C23H20N6OS/c24-15-18(23(30)26-9-5-11-28-12-10-25-17-28)14-19-16-29(20-6-2-1-3-7-20)27-22(19)21-8-4-13-31-21/h1-4,6-8,10,12-14,16-17H,5,9,11H2,(H,26,30). The molecule has 0 fully saturated rings. The van der Waals surface area contributed by atoms with Crippen LogP contribution in [0.4, 0.5) is 0 Å². The minimum atomic E-state index is -0.391. The number of aromatic nitrogens is 4. The van der Waals surface area contributed by atoms with E-state index in [4.69, 9.17) is 5.10 Å². The van der Waals surface area contributed by atoms with Gasteiger partial charge >= 0.3 is 0 Å². The van der Waals surface area contributed by atoms with Crippen molar-refractivity contribution in [2.24, 2.45) is 0 Å². The SMILES string of the molecule is N#CC(=Cc1cn(-c2ccccc2)nc1-c1cccs1)C(=O)NCCCn1ccnc1. The Balaban J connectivity index is 1.54. The molecule has 31 heavy (non-hydrogen) atoms. The van der Waals surface area contributed by atoms with Crippen molar-refractivity contribution in [3.63, 3.8) is 0 Å².